The van der Waals surface area contributed by atoms with Crippen LogP contribution in [0.4, 0.5) is 0 Å². The fourth-order valence-electron chi connectivity index (χ4n) is 2.74. The number of aromatic nitrogens is 1. The average Bonchev–Trinajstić information content (AvgIpc) is 3.06. The molecule has 4 nitrogen and oxygen atoms in total. The SMILES string of the molecule is CCC(CC)(CNCc1cnc(CCc2ccccc2)s1)C(=O)O. The molecule has 5 heteroatoms. The molecule has 0 aliphatic carbocycles. The highest BCUT2D eigenvalue weighted by Crippen LogP contribution is 2.26. The van der Waals surface area contributed by atoms with E-state index in [4.69, 9.17) is 0 Å². The van der Waals surface area contributed by atoms with Crippen LogP contribution in [0.5, 0.6) is 0 Å². The molecule has 24 heavy (non-hydrogen) atoms. The standard InChI is InChI=1S/C19H26N2O2S/c1-3-19(4-2,18(22)23)14-20-12-16-13-21-17(24-16)11-10-15-8-6-5-7-9-15/h5-9,13,20H,3-4,10-12,14H2,1-2H3,(H,22,23). The lowest BCUT2D eigenvalue weighted by molar-refractivity contribution is -0.149. The summed E-state index contributed by atoms with van der Waals surface area (Å²) in [5.74, 6) is -0.715. The van der Waals surface area contributed by atoms with Crippen LogP contribution < -0.4 is 5.32 Å². The molecule has 0 saturated heterocycles. The highest BCUT2D eigenvalue weighted by molar-refractivity contribution is 7.11. The summed E-state index contributed by atoms with van der Waals surface area (Å²) in [4.78, 5) is 17.1. The first-order valence-corrected chi connectivity index (χ1v) is 9.33. The molecule has 0 saturated carbocycles. The van der Waals surface area contributed by atoms with Gasteiger partial charge in [0.05, 0.1) is 10.4 Å². The number of nitrogens with zero attached hydrogens (tertiary/aromatic N) is 1. The van der Waals surface area contributed by atoms with Crippen LogP contribution in [-0.2, 0) is 24.2 Å². The van der Waals surface area contributed by atoms with Crippen LogP contribution in [0.1, 0.15) is 42.1 Å². The number of hydrogen-bond acceptors (Lipinski definition) is 4. The van der Waals surface area contributed by atoms with Crippen molar-refractivity contribution in [3.8, 4) is 0 Å². The fraction of sp³-hybridized carbons (Fsp3) is 0.474. The van der Waals surface area contributed by atoms with E-state index in [1.165, 1.54) is 5.56 Å². The molecule has 0 aliphatic rings. The molecule has 0 amide bonds. The van der Waals surface area contributed by atoms with Gasteiger partial charge in [-0.15, -0.1) is 11.3 Å². The summed E-state index contributed by atoms with van der Waals surface area (Å²) in [5, 5.41) is 13.9. The summed E-state index contributed by atoms with van der Waals surface area (Å²) < 4.78 is 0. The number of rotatable bonds is 10. The lowest BCUT2D eigenvalue weighted by Crippen LogP contribution is -2.39. The van der Waals surface area contributed by atoms with E-state index in [-0.39, 0.29) is 0 Å². The maximum absolute atomic E-state index is 11.5. The van der Waals surface area contributed by atoms with Gasteiger partial charge in [0, 0.05) is 30.6 Å². The van der Waals surface area contributed by atoms with Crippen LogP contribution in [0.3, 0.4) is 0 Å². The summed E-state index contributed by atoms with van der Waals surface area (Å²) in [6.45, 7) is 5.05. The van der Waals surface area contributed by atoms with Crippen LogP contribution >= 0.6 is 11.3 Å². The third-order valence-corrected chi connectivity index (χ3v) is 5.70. The molecule has 0 aliphatic heterocycles. The minimum atomic E-state index is -0.715. The van der Waals surface area contributed by atoms with E-state index in [1.54, 1.807) is 11.3 Å². The molecule has 0 radical (unpaired) electrons. The number of thiazole rings is 1. The molecular weight excluding hydrogens is 320 g/mol. The van der Waals surface area contributed by atoms with Gasteiger partial charge in [0.2, 0.25) is 0 Å². The van der Waals surface area contributed by atoms with Crippen molar-refractivity contribution in [2.45, 2.75) is 46.1 Å². The van der Waals surface area contributed by atoms with Gasteiger partial charge < -0.3 is 10.4 Å². The summed E-state index contributed by atoms with van der Waals surface area (Å²) in [5.41, 5.74) is 0.658. The Hall–Kier alpha value is -1.72. The van der Waals surface area contributed by atoms with Crippen molar-refractivity contribution in [3.05, 3.63) is 52.0 Å². The van der Waals surface area contributed by atoms with Gasteiger partial charge in [-0.05, 0) is 24.8 Å². The highest BCUT2D eigenvalue weighted by Gasteiger charge is 2.34. The first kappa shape index (κ1) is 18.6. The van der Waals surface area contributed by atoms with E-state index < -0.39 is 11.4 Å². The van der Waals surface area contributed by atoms with Gasteiger partial charge >= 0.3 is 5.97 Å². The number of nitrogens with one attached hydrogen (secondary N) is 1. The van der Waals surface area contributed by atoms with Gasteiger partial charge in [-0.1, -0.05) is 44.2 Å². The quantitative estimate of drug-likeness (QED) is 0.685. The van der Waals surface area contributed by atoms with Gasteiger partial charge in [-0.25, -0.2) is 4.98 Å². The van der Waals surface area contributed by atoms with Crippen molar-refractivity contribution in [1.82, 2.24) is 10.3 Å². The average molecular weight is 346 g/mol. The Kier molecular flexibility index (Phi) is 6.94. The predicted octanol–water partition coefficient (Wildman–Crippen LogP) is 3.91. The van der Waals surface area contributed by atoms with Crippen molar-refractivity contribution in [2.75, 3.05) is 6.54 Å². The summed E-state index contributed by atoms with van der Waals surface area (Å²) in [7, 11) is 0. The third-order valence-electron chi connectivity index (χ3n) is 4.64. The number of benzene rings is 1. The Morgan fingerprint density at radius 1 is 1.21 bits per heavy atom. The fourth-order valence-corrected chi connectivity index (χ4v) is 3.64. The van der Waals surface area contributed by atoms with E-state index in [0.717, 1.165) is 22.7 Å². The Labute approximate surface area is 148 Å². The predicted molar refractivity (Wildman–Crippen MR) is 98.3 cm³/mol. The van der Waals surface area contributed by atoms with Crippen LogP contribution in [-0.4, -0.2) is 22.6 Å². The van der Waals surface area contributed by atoms with Crippen LogP contribution in [0.15, 0.2) is 36.5 Å². The van der Waals surface area contributed by atoms with Crippen LogP contribution in [0.2, 0.25) is 0 Å². The summed E-state index contributed by atoms with van der Waals surface area (Å²) in [6.07, 6.45) is 5.11. The number of aliphatic carboxylic acids is 1. The highest BCUT2D eigenvalue weighted by atomic mass is 32.1. The minimum absolute atomic E-state index is 0.493. The van der Waals surface area contributed by atoms with E-state index in [9.17, 15) is 9.90 Å². The second-order valence-corrected chi connectivity index (χ2v) is 7.30. The molecule has 2 N–H and O–H groups in total. The maximum atomic E-state index is 11.5. The van der Waals surface area contributed by atoms with Crippen molar-refractivity contribution < 1.29 is 9.90 Å². The topological polar surface area (TPSA) is 62.2 Å². The molecule has 2 rings (SSSR count). The zero-order valence-corrected chi connectivity index (χ0v) is 15.2. The Morgan fingerprint density at radius 3 is 2.54 bits per heavy atom. The number of hydrogen-bond donors (Lipinski definition) is 2. The molecule has 1 aromatic carbocycles. The van der Waals surface area contributed by atoms with Gasteiger partial charge in [0.15, 0.2) is 0 Å². The number of carboxylic acid groups (broad SMARTS) is 1. The number of carboxylic acids is 1. The maximum Gasteiger partial charge on any atom is 0.310 e. The van der Waals surface area contributed by atoms with Gasteiger partial charge in [0.25, 0.3) is 0 Å². The molecule has 130 valence electrons. The van der Waals surface area contributed by atoms with Crippen molar-refractivity contribution in [3.63, 3.8) is 0 Å². The van der Waals surface area contributed by atoms with E-state index >= 15 is 0 Å². The van der Waals surface area contributed by atoms with E-state index in [1.807, 2.05) is 26.1 Å². The molecule has 0 fully saturated rings. The largest absolute Gasteiger partial charge is 0.481 e. The number of aryl methyl sites for hydroxylation is 2. The van der Waals surface area contributed by atoms with Gasteiger partial charge in [0.1, 0.15) is 0 Å². The van der Waals surface area contributed by atoms with E-state index in [0.29, 0.717) is 25.9 Å². The summed E-state index contributed by atoms with van der Waals surface area (Å²) in [6, 6.07) is 10.4. The molecule has 0 atom stereocenters. The van der Waals surface area contributed by atoms with Crippen molar-refractivity contribution in [2.24, 2.45) is 5.41 Å². The Bertz CT molecular complexity index is 636. The minimum Gasteiger partial charge on any atom is -0.481 e. The lowest BCUT2D eigenvalue weighted by atomic mass is 9.82. The molecule has 0 spiro atoms. The van der Waals surface area contributed by atoms with Gasteiger partial charge in [-0.3, -0.25) is 4.79 Å². The van der Waals surface area contributed by atoms with Crippen LogP contribution in [0.25, 0.3) is 0 Å². The third kappa shape index (κ3) is 4.89. The van der Waals surface area contributed by atoms with Gasteiger partial charge in [-0.2, -0.15) is 0 Å². The summed E-state index contributed by atoms with van der Waals surface area (Å²) >= 11 is 1.71. The Balaban J connectivity index is 1.82. The smallest absolute Gasteiger partial charge is 0.310 e. The molecule has 0 unspecified atom stereocenters. The molecule has 0 bridgehead atoms. The van der Waals surface area contributed by atoms with Crippen LogP contribution in [0, 0.1) is 5.41 Å². The second kappa shape index (κ2) is 8.94. The Morgan fingerprint density at radius 2 is 1.92 bits per heavy atom. The molecule has 2 aromatic rings. The molecule has 1 aromatic heterocycles. The van der Waals surface area contributed by atoms with Crippen molar-refractivity contribution >= 4 is 17.3 Å². The van der Waals surface area contributed by atoms with Crippen molar-refractivity contribution in [1.29, 1.82) is 0 Å². The molecule has 1 heterocycles. The second-order valence-electron chi connectivity index (χ2n) is 6.10. The first-order chi connectivity index (χ1) is 11.6. The normalized spacial score (nSPS) is 11.6. The zero-order valence-electron chi connectivity index (χ0n) is 14.4. The first-order valence-electron chi connectivity index (χ1n) is 8.51. The monoisotopic (exact) mass is 346 g/mol. The molecular formula is C19H26N2O2S. The number of carbonyl (C=O) groups is 1. The lowest BCUT2D eigenvalue weighted by Gasteiger charge is -2.26. The van der Waals surface area contributed by atoms with E-state index in [2.05, 4.69) is 34.6 Å². The zero-order chi connectivity index (χ0) is 17.4.